The number of nitriles is 1. The van der Waals surface area contributed by atoms with Crippen LogP contribution in [0.3, 0.4) is 0 Å². The molecule has 0 radical (unpaired) electrons. The summed E-state index contributed by atoms with van der Waals surface area (Å²) < 4.78 is 24.1. The number of benzene rings is 1. The van der Waals surface area contributed by atoms with Gasteiger partial charge >= 0.3 is 0 Å². The highest BCUT2D eigenvalue weighted by atomic mass is 32.2. The molecule has 104 valence electrons. The first-order valence-electron chi connectivity index (χ1n) is 5.84. The van der Waals surface area contributed by atoms with Crippen LogP contribution in [0.25, 0.3) is 0 Å². The largest absolute Gasteiger partial charge is 0.325 e. The Morgan fingerprint density at radius 3 is 2.37 bits per heavy atom. The highest BCUT2D eigenvalue weighted by Crippen LogP contribution is 2.15. The van der Waals surface area contributed by atoms with Crippen LogP contribution in [0.15, 0.2) is 29.2 Å². The highest BCUT2D eigenvalue weighted by molar-refractivity contribution is 8.00. The lowest BCUT2D eigenvalue weighted by molar-refractivity contribution is 0.590. The molecule has 0 aliphatic carbocycles. The Bertz CT molecular complexity index is 552. The van der Waals surface area contributed by atoms with Crippen molar-refractivity contribution >= 4 is 21.6 Å². The first-order valence-corrected chi connectivity index (χ1v) is 8.65. The van der Waals surface area contributed by atoms with Crippen LogP contribution in [-0.4, -0.2) is 31.2 Å². The maximum atomic E-state index is 12.0. The van der Waals surface area contributed by atoms with Crippen molar-refractivity contribution in [3.63, 3.8) is 0 Å². The van der Waals surface area contributed by atoms with E-state index in [9.17, 15) is 8.42 Å². The monoisotopic (exact) mass is 298 g/mol. The summed E-state index contributed by atoms with van der Waals surface area (Å²) in [6, 6.07) is 7.95. The molecule has 0 aliphatic heterocycles. The van der Waals surface area contributed by atoms with Crippen LogP contribution in [0.4, 0.5) is 0 Å². The summed E-state index contributed by atoms with van der Waals surface area (Å²) >= 11 is 1.53. The fourth-order valence-corrected chi connectivity index (χ4v) is 4.16. The summed E-state index contributed by atoms with van der Waals surface area (Å²) in [5.41, 5.74) is 6.00. The van der Waals surface area contributed by atoms with Gasteiger partial charge in [-0.1, -0.05) is 0 Å². The van der Waals surface area contributed by atoms with Crippen molar-refractivity contribution in [2.75, 3.05) is 17.3 Å². The van der Waals surface area contributed by atoms with Gasteiger partial charge in [0.15, 0.2) is 9.84 Å². The fraction of sp³-hybridized carbons (Fsp3) is 0.462. The molecule has 1 rings (SSSR count). The summed E-state index contributed by atoms with van der Waals surface area (Å²) in [6.45, 7) is 3.82. The Morgan fingerprint density at radius 2 is 1.89 bits per heavy atom. The molecular weight excluding hydrogens is 280 g/mol. The number of hydrogen-bond donors (Lipinski definition) is 1. The lowest BCUT2D eigenvalue weighted by Crippen LogP contribution is -2.35. The lowest BCUT2D eigenvalue weighted by Gasteiger charge is -2.17. The first kappa shape index (κ1) is 16.0. The molecule has 0 bridgehead atoms. The van der Waals surface area contributed by atoms with Gasteiger partial charge in [-0.15, -0.1) is 0 Å². The zero-order valence-electron chi connectivity index (χ0n) is 11.1. The molecule has 0 amide bonds. The third-order valence-corrected chi connectivity index (χ3v) is 5.74. The van der Waals surface area contributed by atoms with Gasteiger partial charge in [0.25, 0.3) is 0 Å². The van der Waals surface area contributed by atoms with E-state index >= 15 is 0 Å². The van der Waals surface area contributed by atoms with Crippen molar-refractivity contribution in [3.8, 4) is 6.07 Å². The summed E-state index contributed by atoms with van der Waals surface area (Å²) in [4.78, 5) is 0.263. The Kier molecular flexibility index (Phi) is 5.41. The third kappa shape index (κ3) is 5.64. The standard InChI is InChI=1S/C13H18N2O2S2/c1-13(2,15)10-18-7-8-19(16,17)12-5-3-11(9-14)4-6-12/h3-6H,7-8,10,15H2,1-2H3. The molecule has 0 unspecified atom stereocenters. The highest BCUT2D eigenvalue weighted by Gasteiger charge is 2.15. The second kappa shape index (κ2) is 6.42. The number of rotatable bonds is 6. The van der Waals surface area contributed by atoms with Crippen LogP contribution in [0.5, 0.6) is 0 Å². The van der Waals surface area contributed by atoms with Gasteiger partial charge in [-0.05, 0) is 38.1 Å². The number of nitrogens with two attached hydrogens (primary N) is 1. The molecule has 0 aliphatic rings. The van der Waals surface area contributed by atoms with E-state index in [0.29, 0.717) is 11.3 Å². The number of hydrogen-bond acceptors (Lipinski definition) is 5. The van der Waals surface area contributed by atoms with Gasteiger partial charge < -0.3 is 5.73 Å². The summed E-state index contributed by atoms with van der Waals surface area (Å²) in [5.74, 6) is 1.32. The van der Waals surface area contributed by atoms with Crippen LogP contribution in [0.1, 0.15) is 19.4 Å². The van der Waals surface area contributed by atoms with E-state index in [-0.39, 0.29) is 16.2 Å². The average molecular weight is 298 g/mol. The van der Waals surface area contributed by atoms with Gasteiger partial charge in [-0.25, -0.2) is 8.42 Å². The van der Waals surface area contributed by atoms with Crippen molar-refractivity contribution in [1.82, 2.24) is 0 Å². The molecular formula is C13H18N2O2S2. The molecule has 0 spiro atoms. The maximum absolute atomic E-state index is 12.0. The van der Waals surface area contributed by atoms with Crippen molar-refractivity contribution in [1.29, 1.82) is 5.26 Å². The first-order chi connectivity index (χ1) is 8.74. The zero-order chi connectivity index (χ0) is 14.5. The van der Waals surface area contributed by atoms with Crippen molar-refractivity contribution in [3.05, 3.63) is 29.8 Å². The molecule has 19 heavy (non-hydrogen) atoms. The second-order valence-corrected chi connectivity index (χ2v) is 8.21. The molecule has 6 heteroatoms. The van der Waals surface area contributed by atoms with E-state index in [1.54, 1.807) is 0 Å². The SMILES string of the molecule is CC(C)(N)CSCCS(=O)(=O)c1ccc(C#N)cc1. The normalized spacial score (nSPS) is 12.1. The van der Waals surface area contributed by atoms with Crippen molar-refractivity contribution in [2.45, 2.75) is 24.3 Å². The van der Waals surface area contributed by atoms with Gasteiger partial charge in [0, 0.05) is 17.0 Å². The molecule has 1 aromatic carbocycles. The Labute approximate surface area is 118 Å². The molecule has 0 fully saturated rings. The average Bonchev–Trinajstić information content (AvgIpc) is 2.34. The second-order valence-electron chi connectivity index (χ2n) is 5.00. The lowest BCUT2D eigenvalue weighted by atomic mass is 10.1. The quantitative estimate of drug-likeness (QED) is 0.810. The summed E-state index contributed by atoms with van der Waals surface area (Å²) in [5, 5.41) is 8.67. The summed E-state index contributed by atoms with van der Waals surface area (Å²) in [6.07, 6.45) is 0. The van der Waals surface area contributed by atoms with Gasteiger partial charge in [-0.3, -0.25) is 0 Å². The van der Waals surface area contributed by atoms with E-state index in [2.05, 4.69) is 0 Å². The minimum absolute atomic E-state index is 0.0830. The number of nitrogens with zero attached hydrogens (tertiary/aromatic N) is 1. The van der Waals surface area contributed by atoms with E-state index in [1.807, 2.05) is 19.9 Å². The Balaban J connectivity index is 2.59. The summed E-state index contributed by atoms with van der Waals surface area (Å²) in [7, 11) is -3.27. The van der Waals surface area contributed by atoms with Gasteiger partial charge in [0.1, 0.15) is 0 Å². The van der Waals surface area contributed by atoms with E-state index in [0.717, 1.165) is 5.75 Å². The smallest absolute Gasteiger partial charge is 0.179 e. The van der Waals surface area contributed by atoms with Crippen LogP contribution in [-0.2, 0) is 9.84 Å². The number of thioether (sulfide) groups is 1. The van der Waals surface area contributed by atoms with Crippen LogP contribution in [0, 0.1) is 11.3 Å². The molecule has 2 N–H and O–H groups in total. The van der Waals surface area contributed by atoms with E-state index in [4.69, 9.17) is 11.0 Å². The molecule has 1 aromatic rings. The minimum Gasteiger partial charge on any atom is -0.325 e. The van der Waals surface area contributed by atoms with Crippen LogP contribution < -0.4 is 5.73 Å². The molecule has 0 atom stereocenters. The molecule has 0 saturated carbocycles. The topological polar surface area (TPSA) is 84.0 Å². The van der Waals surface area contributed by atoms with Gasteiger partial charge in [0.2, 0.25) is 0 Å². The molecule has 0 saturated heterocycles. The van der Waals surface area contributed by atoms with E-state index < -0.39 is 9.84 Å². The van der Waals surface area contributed by atoms with Crippen molar-refractivity contribution in [2.24, 2.45) is 5.73 Å². The number of sulfone groups is 1. The zero-order valence-corrected chi connectivity index (χ0v) is 12.7. The Hall–Kier alpha value is -1.03. The van der Waals surface area contributed by atoms with Gasteiger partial charge in [-0.2, -0.15) is 17.0 Å². The van der Waals surface area contributed by atoms with Crippen molar-refractivity contribution < 1.29 is 8.42 Å². The third-order valence-electron chi connectivity index (χ3n) is 2.31. The molecule has 0 aromatic heterocycles. The molecule has 4 nitrogen and oxygen atoms in total. The van der Waals surface area contributed by atoms with Crippen LogP contribution in [0.2, 0.25) is 0 Å². The predicted molar refractivity (Wildman–Crippen MR) is 78.8 cm³/mol. The van der Waals surface area contributed by atoms with Crippen LogP contribution >= 0.6 is 11.8 Å². The van der Waals surface area contributed by atoms with E-state index in [1.165, 1.54) is 36.0 Å². The Morgan fingerprint density at radius 1 is 1.32 bits per heavy atom. The van der Waals surface area contributed by atoms with Gasteiger partial charge in [0.05, 0.1) is 22.3 Å². The minimum atomic E-state index is -3.27. The fourth-order valence-electron chi connectivity index (χ4n) is 1.36. The molecule has 0 heterocycles. The predicted octanol–water partition coefficient (Wildman–Crippen LogP) is 1.80. The maximum Gasteiger partial charge on any atom is 0.179 e.